The topological polar surface area (TPSA) is 47.4 Å². The first-order valence-electron chi connectivity index (χ1n) is 8.11. The molecule has 1 aliphatic rings. The summed E-state index contributed by atoms with van der Waals surface area (Å²) >= 11 is 0. The van der Waals surface area contributed by atoms with Crippen LogP contribution in [0.3, 0.4) is 0 Å². The van der Waals surface area contributed by atoms with E-state index in [4.69, 9.17) is 4.74 Å². The van der Waals surface area contributed by atoms with Crippen LogP contribution in [0, 0.1) is 5.92 Å². The molecular weight excluding hydrogens is 290 g/mol. The van der Waals surface area contributed by atoms with Gasteiger partial charge < -0.3 is 4.74 Å². The third kappa shape index (κ3) is 4.20. The number of piperidine rings is 1. The maximum atomic E-state index is 12.4. The van der Waals surface area contributed by atoms with Gasteiger partial charge >= 0.3 is 0 Å². The maximum absolute atomic E-state index is 12.4. The molecule has 3 rings (SSSR count). The number of nitrogens with zero attached hydrogens (tertiary/aromatic N) is 3. The van der Waals surface area contributed by atoms with E-state index in [1.807, 2.05) is 47.4 Å². The van der Waals surface area contributed by atoms with Crippen LogP contribution in [-0.4, -0.2) is 47.2 Å². The molecule has 0 unspecified atom stereocenters. The Morgan fingerprint density at radius 1 is 1.26 bits per heavy atom. The molecule has 1 fully saturated rings. The second-order valence-corrected chi connectivity index (χ2v) is 6.10. The van der Waals surface area contributed by atoms with Gasteiger partial charge in [-0.2, -0.15) is 5.10 Å². The van der Waals surface area contributed by atoms with E-state index in [2.05, 4.69) is 10.00 Å². The monoisotopic (exact) mass is 313 g/mol. The van der Waals surface area contributed by atoms with Crippen LogP contribution in [0.4, 0.5) is 0 Å². The van der Waals surface area contributed by atoms with Crippen LogP contribution >= 0.6 is 0 Å². The Morgan fingerprint density at radius 3 is 2.61 bits per heavy atom. The van der Waals surface area contributed by atoms with Gasteiger partial charge in [-0.05, 0) is 62.2 Å². The van der Waals surface area contributed by atoms with Crippen molar-refractivity contribution in [1.29, 1.82) is 0 Å². The van der Waals surface area contributed by atoms with Crippen LogP contribution < -0.4 is 4.74 Å². The lowest BCUT2D eigenvalue weighted by atomic mass is 9.96. The molecule has 122 valence electrons. The average molecular weight is 313 g/mol. The zero-order valence-electron chi connectivity index (χ0n) is 13.5. The van der Waals surface area contributed by atoms with Crippen LogP contribution in [0.15, 0.2) is 42.7 Å². The molecule has 0 spiro atoms. The molecule has 1 aromatic heterocycles. The van der Waals surface area contributed by atoms with Gasteiger partial charge in [-0.1, -0.05) is 0 Å². The van der Waals surface area contributed by atoms with Gasteiger partial charge in [0.25, 0.3) is 0 Å². The first kappa shape index (κ1) is 15.7. The van der Waals surface area contributed by atoms with Crippen LogP contribution in [0.1, 0.15) is 23.2 Å². The van der Waals surface area contributed by atoms with Crippen molar-refractivity contribution in [3.05, 3.63) is 48.3 Å². The van der Waals surface area contributed by atoms with Crippen LogP contribution in [-0.2, 0) is 6.54 Å². The fraction of sp³-hybridized carbons (Fsp3) is 0.444. The summed E-state index contributed by atoms with van der Waals surface area (Å²) in [6.45, 7) is 3.44. The Hall–Kier alpha value is -2.14. The quantitative estimate of drug-likeness (QED) is 0.769. The molecule has 0 aliphatic carbocycles. The van der Waals surface area contributed by atoms with Gasteiger partial charge in [-0.3, -0.25) is 14.4 Å². The minimum absolute atomic E-state index is 0.179. The van der Waals surface area contributed by atoms with Crippen molar-refractivity contribution in [2.24, 2.45) is 5.92 Å². The molecule has 1 saturated heterocycles. The van der Waals surface area contributed by atoms with E-state index in [9.17, 15) is 4.79 Å². The summed E-state index contributed by atoms with van der Waals surface area (Å²) in [5.74, 6) is 1.61. The predicted molar refractivity (Wildman–Crippen MR) is 88.7 cm³/mol. The van der Waals surface area contributed by atoms with Crippen molar-refractivity contribution in [2.75, 3.05) is 26.7 Å². The van der Waals surface area contributed by atoms with Crippen molar-refractivity contribution in [3.63, 3.8) is 0 Å². The van der Waals surface area contributed by atoms with E-state index in [1.165, 1.54) is 0 Å². The molecule has 2 aromatic rings. The summed E-state index contributed by atoms with van der Waals surface area (Å²) < 4.78 is 7.13. The van der Waals surface area contributed by atoms with Crippen molar-refractivity contribution in [3.8, 4) is 5.75 Å². The summed E-state index contributed by atoms with van der Waals surface area (Å²) in [7, 11) is 1.63. The third-order valence-corrected chi connectivity index (χ3v) is 4.49. The Morgan fingerprint density at radius 2 is 2.00 bits per heavy atom. The van der Waals surface area contributed by atoms with Gasteiger partial charge in [0.05, 0.1) is 13.7 Å². The normalized spacial score (nSPS) is 16.4. The number of ketones is 1. The zero-order valence-corrected chi connectivity index (χ0v) is 13.5. The van der Waals surface area contributed by atoms with Gasteiger partial charge in [0, 0.05) is 24.5 Å². The second kappa shape index (κ2) is 7.42. The molecule has 5 heteroatoms. The standard InChI is InChI=1S/C18H23N3O2/c1-23-17-5-3-16(4-6-17)18(22)14-20-11-7-15(8-12-20)13-21-10-2-9-19-21/h2-6,9-10,15H,7-8,11-14H2,1H3. The fourth-order valence-electron chi connectivity index (χ4n) is 3.07. The minimum Gasteiger partial charge on any atom is -0.497 e. The van der Waals surface area contributed by atoms with E-state index in [0.717, 1.165) is 43.8 Å². The average Bonchev–Trinajstić information content (AvgIpc) is 3.10. The number of rotatable bonds is 6. The molecule has 0 bridgehead atoms. The highest BCUT2D eigenvalue weighted by molar-refractivity contribution is 5.97. The molecule has 0 atom stereocenters. The van der Waals surface area contributed by atoms with Crippen molar-refractivity contribution >= 4 is 5.78 Å². The molecule has 0 amide bonds. The number of methoxy groups -OCH3 is 1. The van der Waals surface area contributed by atoms with Crippen LogP contribution in [0.5, 0.6) is 5.75 Å². The number of ether oxygens (including phenoxy) is 1. The second-order valence-electron chi connectivity index (χ2n) is 6.10. The van der Waals surface area contributed by atoms with Crippen LogP contribution in [0.2, 0.25) is 0 Å². The van der Waals surface area contributed by atoms with Gasteiger partial charge in [0.1, 0.15) is 5.75 Å². The van der Waals surface area contributed by atoms with E-state index in [0.29, 0.717) is 12.5 Å². The first-order chi connectivity index (χ1) is 11.2. The van der Waals surface area contributed by atoms with Crippen molar-refractivity contribution in [1.82, 2.24) is 14.7 Å². The highest BCUT2D eigenvalue weighted by atomic mass is 16.5. The maximum Gasteiger partial charge on any atom is 0.176 e. The van der Waals surface area contributed by atoms with Gasteiger partial charge in [0.2, 0.25) is 0 Å². The van der Waals surface area contributed by atoms with E-state index >= 15 is 0 Å². The minimum atomic E-state index is 0.179. The first-order valence-corrected chi connectivity index (χ1v) is 8.11. The Balaban J connectivity index is 1.47. The van der Waals surface area contributed by atoms with Crippen molar-refractivity contribution in [2.45, 2.75) is 19.4 Å². The molecule has 1 aromatic carbocycles. The van der Waals surface area contributed by atoms with Gasteiger partial charge in [0.15, 0.2) is 5.78 Å². The number of carbonyl (C=O) groups is 1. The number of aromatic nitrogens is 2. The zero-order chi connectivity index (χ0) is 16.1. The Kier molecular flexibility index (Phi) is 5.08. The van der Waals surface area contributed by atoms with Crippen molar-refractivity contribution < 1.29 is 9.53 Å². The Labute approximate surface area is 136 Å². The molecule has 1 aliphatic heterocycles. The molecule has 2 heterocycles. The molecule has 23 heavy (non-hydrogen) atoms. The van der Waals surface area contributed by atoms with E-state index in [1.54, 1.807) is 7.11 Å². The summed E-state index contributed by atoms with van der Waals surface area (Å²) in [4.78, 5) is 14.6. The fourth-order valence-corrected chi connectivity index (χ4v) is 3.07. The van der Waals surface area contributed by atoms with E-state index in [-0.39, 0.29) is 5.78 Å². The molecule has 5 nitrogen and oxygen atoms in total. The van der Waals surface area contributed by atoms with Gasteiger partial charge in [-0.25, -0.2) is 0 Å². The molecule has 0 saturated carbocycles. The highest BCUT2D eigenvalue weighted by Gasteiger charge is 2.21. The lowest BCUT2D eigenvalue weighted by Crippen LogP contribution is -2.38. The highest BCUT2D eigenvalue weighted by Crippen LogP contribution is 2.19. The molecular formula is C18H23N3O2. The summed E-state index contributed by atoms with van der Waals surface area (Å²) in [5, 5.41) is 4.27. The SMILES string of the molecule is COc1ccc(C(=O)CN2CCC(Cn3cccn3)CC2)cc1. The van der Waals surface area contributed by atoms with Gasteiger partial charge in [-0.15, -0.1) is 0 Å². The number of carbonyl (C=O) groups excluding carboxylic acids is 1. The summed E-state index contributed by atoms with van der Waals surface area (Å²) in [6, 6.07) is 9.31. The smallest absolute Gasteiger partial charge is 0.176 e. The molecule has 0 radical (unpaired) electrons. The predicted octanol–water partition coefficient (Wildman–Crippen LogP) is 2.49. The Bertz CT molecular complexity index is 614. The molecule has 0 N–H and O–H groups in total. The lowest BCUT2D eigenvalue weighted by molar-refractivity contribution is 0.0889. The third-order valence-electron chi connectivity index (χ3n) is 4.49. The van der Waals surface area contributed by atoms with Crippen LogP contribution in [0.25, 0.3) is 0 Å². The summed E-state index contributed by atoms with van der Waals surface area (Å²) in [6.07, 6.45) is 6.08. The summed E-state index contributed by atoms with van der Waals surface area (Å²) in [5.41, 5.74) is 0.754. The van der Waals surface area contributed by atoms with E-state index < -0.39 is 0 Å². The number of hydrogen-bond donors (Lipinski definition) is 0. The lowest BCUT2D eigenvalue weighted by Gasteiger charge is -2.31. The number of hydrogen-bond acceptors (Lipinski definition) is 4. The number of Topliss-reactive ketones (excluding diaryl/α,β-unsaturated/α-hetero) is 1. The largest absolute Gasteiger partial charge is 0.497 e. The number of benzene rings is 1. The number of likely N-dealkylation sites (tertiary alicyclic amines) is 1.